The smallest absolute Gasteiger partial charge is 0.142 e. The molecule has 0 saturated heterocycles. The first-order chi connectivity index (χ1) is 8.19. The molecule has 0 unspecified atom stereocenters. The molecule has 2 nitrogen and oxygen atoms in total. The van der Waals surface area contributed by atoms with E-state index in [2.05, 4.69) is 0 Å². The second kappa shape index (κ2) is 5.10. The molecule has 2 N–H and O–H groups in total. The van der Waals surface area contributed by atoms with E-state index in [4.69, 9.17) is 10.5 Å². The summed E-state index contributed by atoms with van der Waals surface area (Å²) in [6, 6.07) is 11.9. The molecule has 0 heterocycles. The number of methoxy groups -OCH3 is 1. The van der Waals surface area contributed by atoms with Crippen molar-refractivity contribution < 1.29 is 9.13 Å². The Bertz CT molecular complexity index is 513. The maximum absolute atomic E-state index is 12.8. The summed E-state index contributed by atoms with van der Waals surface area (Å²) >= 11 is 1.53. The molecule has 2 aromatic rings. The number of halogens is 1. The lowest BCUT2D eigenvalue weighted by Crippen LogP contribution is -1.91. The first kappa shape index (κ1) is 11.8. The number of anilines is 1. The topological polar surface area (TPSA) is 35.2 Å². The molecule has 0 bridgehead atoms. The van der Waals surface area contributed by atoms with Crippen LogP contribution < -0.4 is 10.5 Å². The molecule has 0 aliphatic rings. The molecule has 0 amide bonds. The first-order valence-electron chi connectivity index (χ1n) is 5.06. The summed E-state index contributed by atoms with van der Waals surface area (Å²) in [4.78, 5) is 1.97. The van der Waals surface area contributed by atoms with Gasteiger partial charge in [-0.3, -0.25) is 0 Å². The Morgan fingerprint density at radius 3 is 2.35 bits per heavy atom. The monoisotopic (exact) mass is 249 g/mol. The lowest BCUT2D eigenvalue weighted by molar-refractivity contribution is 0.416. The zero-order chi connectivity index (χ0) is 12.3. The molecule has 0 fully saturated rings. The van der Waals surface area contributed by atoms with Crippen molar-refractivity contribution in [1.82, 2.24) is 0 Å². The van der Waals surface area contributed by atoms with Gasteiger partial charge in [0.1, 0.15) is 11.6 Å². The number of benzene rings is 2. The van der Waals surface area contributed by atoms with Gasteiger partial charge in [-0.05, 0) is 42.5 Å². The highest BCUT2D eigenvalue weighted by Gasteiger charge is 2.03. The standard InChI is InChI=1S/C13H12FNOS/c1-16-13-8-11(6-7-12(13)15)17-10-4-2-9(14)3-5-10/h2-8H,15H2,1H3. The largest absolute Gasteiger partial charge is 0.495 e. The molecule has 0 spiro atoms. The molecular formula is C13H12FNOS. The Kier molecular flexibility index (Phi) is 3.54. The zero-order valence-electron chi connectivity index (χ0n) is 9.31. The minimum Gasteiger partial charge on any atom is -0.495 e. The highest BCUT2D eigenvalue weighted by atomic mass is 32.2. The Hall–Kier alpha value is -1.68. The second-order valence-corrected chi connectivity index (χ2v) is 4.61. The van der Waals surface area contributed by atoms with Gasteiger partial charge in [-0.25, -0.2) is 4.39 Å². The summed E-state index contributed by atoms with van der Waals surface area (Å²) in [5, 5.41) is 0. The lowest BCUT2D eigenvalue weighted by Gasteiger charge is -2.07. The van der Waals surface area contributed by atoms with Gasteiger partial charge >= 0.3 is 0 Å². The van der Waals surface area contributed by atoms with E-state index in [1.165, 1.54) is 23.9 Å². The summed E-state index contributed by atoms with van der Waals surface area (Å²) in [5.74, 6) is 0.418. The van der Waals surface area contributed by atoms with E-state index in [0.717, 1.165) is 9.79 Å². The van der Waals surface area contributed by atoms with Crippen molar-refractivity contribution in [2.24, 2.45) is 0 Å². The van der Waals surface area contributed by atoms with Crippen LogP contribution in [-0.2, 0) is 0 Å². The maximum Gasteiger partial charge on any atom is 0.142 e. The van der Waals surface area contributed by atoms with Crippen LogP contribution in [0.25, 0.3) is 0 Å². The second-order valence-electron chi connectivity index (χ2n) is 3.46. The average Bonchev–Trinajstić information content (AvgIpc) is 2.34. The molecule has 88 valence electrons. The van der Waals surface area contributed by atoms with Crippen molar-refractivity contribution in [2.75, 3.05) is 12.8 Å². The van der Waals surface area contributed by atoms with Crippen LogP contribution in [0.3, 0.4) is 0 Å². The summed E-state index contributed by atoms with van der Waals surface area (Å²) in [6.45, 7) is 0. The first-order valence-corrected chi connectivity index (χ1v) is 5.87. The SMILES string of the molecule is COc1cc(Sc2ccc(F)cc2)ccc1N. The zero-order valence-corrected chi connectivity index (χ0v) is 10.1. The van der Waals surface area contributed by atoms with E-state index >= 15 is 0 Å². The van der Waals surface area contributed by atoms with Crippen molar-refractivity contribution >= 4 is 17.4 Å². The van der Waals surface area contributed by atoms with Crippen LogP contribution in [0.5, 0.6) is 5.75 Å². The molecule has 0 aliphatic carbocycles. The number of nitrogens with two attached hydrogens (primary N) is 1. The summed E-state index contributed by atoms with van der Waals surface area (Å²) < 4.78 is 17.9. The van der Waals surface area contributed by atoms with Crippen LogP contribution >= 0.6 is 11.8 Å². The van der Waals surface area contributed by atoms with Crippen LogP contribution in [0.1, 0.15) is 0 Å². The molecule has 2 rings (SSSR count). The van der Waals surface area contributed by atoms with Crippen LogP contribution in [0.4, 0.5) is 10.1 Å². The van der Waals surface area contributed by atoms with E-state index in [1.807, 2.05) is 12.1 Å². The minimum atomic E-state index is -0.232. The van der Waals surface area contributed by atoms with Gasteiger partial charge in [0.25, 0.3) is 0 Å². The van der Waals surface area contributed by atoms with Crippen molar-refractivity contribution in [3.8, 4) is 5.75 Å². The molecule has 0 aromatic heterocycles. The van der Waals surface area contributed by atoms with Gasteiger partial charge in [0.2, 0.25) is 0 Å². The van der Waals surface area contributed by atoms with Crippen LogP contribution in [0.15, 0.2) is 52.3 Å². The van der Waals surface area contributed by atoms with Gasteiger partial charge < -0.3 is 10.5 Å². The third-order valence-corrected chi connectivity index (χ3v) is 3.25. The fourth-order valence-electron chi connectivity index (χ4n) is 1.39. The Labute approximate surface area is 104 Å². The number of rotatable bonds is 3. The summed E-state index contributed by atoms with van der Waals surface area (Å²) in [7, 11) is 1.58. The van der Waals surface area contributed by atoms with Gasteiger partial charge in [0.15, 0.2) is 0 Å². The van der Waals surface area contributed by atoms with E-state index in [-0.39, 0.29) is 5.82 Å². The van der Waals surface area contributed by atoms with Gasteiger partial charge in [-0.15, -0.1) is 0 Å². The van der Waals surface area contributed by atoms with Gasteiger partial charge in [0.05, 0.1) is 12.8 Å². The number of hydrogen-bond acceptors (Lipinski definition) is 3. The molecule has 0 radical (unpaired) electrons. The molecule has 0 atom stereocenters. The van der Waals surface area contributed by atoms with Gasteiger partial charge in [-0.1, -0.05) is 11.8 Å². The van der Waals surface area contributed by atoms with Gasteiger partial charge in [0, 0.05) is 9.79 Å². The van der Waals surface area contributed by atoms with Crippen LogP contribution in [0.2, 0.25) is 0 Å². The van der Waals surface area contributed by atoms with E-state index in [1.54, 1.807) is 25.3 Å². The minimum absolute atomic E-state index is 0.232. The van der Waals surface area contributed by atoms with Crippen LogP contribution in [-0.4, -0.2) is 7.11 Å². The highest BCUT2D eigenvalue weighted by molar-refractivity contribution is 7.99. The highest BCUT2D eigenvalue weighted by Crippen LogP contribution is 2.32. The fraction of sp³-hybridized carbons (Fsp3) is 0.0769. The number of nitrogen functional groups attached to an aromatic ring is 1. The quantitative estimate of drug-likeness (QED) is 0.845. The van der Waals surface area contributed by atoms with Crippen molar-refractivity contribution in [2.45, 2.75) is 9.79 Å². The Balaban J connectivity index is 2.21. The predicted octanol–water partition coefficient (Wildman–Crippen LogP) is 3.57. The molecule has 0 saturated carbocycles. The molecule has 4 heteroatoms. The number of ether oxygens (including phenoxy) is 1. The third-order valence-electron chi connectivity index (χ3n) is 2.25. The predicted molar refractivity (Wildman–Crippen MR) is 67.9 cm³/mol. The van der Waals surface area contributed by atoms with E-state index in [0.29, 0.717) is 11.4 Å². The fourth-order valence-corrected chi connectivity index (χ4v) is 2.24. The van der Waals surface area contributed by atoms with E-state index in [9.17, 15) is 4.39 Å². The Morgan fingerprint density at radius 1 is 1.06 bits per heavy atom. The summed E-state index contributed by atoms with van der Waals surface area (Å²) in [6.07, 6.45) is 0. The van der Waals surface area contributed by atoms with Crippen molar-refractivity contribution in [3.63, 3.8) is 0 Å². The molecular weight excluding hydrogens is 237 g/mol. The van der Waals surface area contributed by atoms with Crippen LogP contribution in [0, 0.1) is 5.82 Å². The molecule has 2 aromatic carbocycles. The lowest BCUT2D eigenvalue weighted by atomic mass is 10.3. The molecule has 17 heavy (non-hydrogen) atoms. The normalized spacial score (nSPS) is 10.2. The van der Waals surface area contributed by atoms with Crippen molar-refractivity contribution in [3.05, 3.63) is 48.3 Å². The Morgan fingerprint density at radius 2 is 1.71 bits per heavy atom. The van der Waals surface area contributed by atoms with Crippen molar-refractivity contribution in [1.29, 1.82) is 0 Å². The third kappa shape index (κ3) is 2.91. The molecule has 0 aliphatic heterocycles. The maximum atomic E-state index is 12.8. The van der Waals surface area contributed by atoms with Gasteiger partial charge in [-0.2, -0.15) is 0 Å². The number of hydrogen-bond donors (Lipinski definition) is 1. The van der Waals surface area contributed by atoms with E-state index < -0.39 is 0 Å². The summed E-state index contributed by atoms with van der Waals surface area (Å²) in [5.41, 5.74) is 6.34. The average molecular weight is 249 g/mol.